The van der Waals surface area contributed by atoms with Crippen LogP contribution in [0.3, 0.4) is 0 Å². The van der Waals surface area contributed by atoms with Gasteiger partial charge in [-0.2, -0.15) is 0 Å². The number of benzene rings is 1. The zero-order valence-electron chi connectivity index (χ0n) is 17.8. The second kappa shape index (κ2) is 9.69. The number of hydrogen-bond acceptors (Lipinski definition) is 6. The SMILES string of the molecule is COc1ccccc1CC(=O)N(C)Cc1nc(C2CCCNC2)cc(N(C)C)n1. The normalized spacial score (nSPS) is 16.3. The summed E-state index contributed by atoms with van der Waals surface area (Å²) >= 11 is 0. The summed E-state index contributed by atoms with van der Waals surface area (Å²) in [6.07, 6.45) is 2.56. The standard InChI is InChI=1S/C22H31N5O2/c1-26(2)21-13-18(17-9-7-11-23-14-17)24-20(25-21)15-27(3)22(28)12-16-8-5-6-10-19(16)29-4/h5-6,8,10,13,17,23H,7,9,11-12,14-15H2,1-4H3. The summed E-state index contributed by atoms with van der Waals surface area (Å²) < 4.78 is 5.36. The molecule has 0 spiro atoms. The Labute approximate surface area is 173 Å². The minimum absolute atomic E-state index is 0.00855. The number of amides is 1. The molecule has 1 saturated heterocycles. The first-order chi connectivity index (χ1) is 14.0. The Balaban J connectivity index is 1.75. The Bertz CT molecular complexity index is 834. The summed E-state index contributed by atoms with van der Waals surface area (Å²) in [4.78, 5) is 25.9. The number of hydrogen-bond donors (Lipinski definition) is 1. The Morgan fingerprint density at radius 2 is 2.03 bits per heavy atom. The van der Waals surface area contributed by atoms with Crippen molar-refractivity contribution in [2.24, 2.45) is 0 Å². The molecule has 29 heavy (non-hydrogen) atoms. The first-order valence-electron chi connectivity index (χ1n) is 10.1. The van der Waals surface area contributed by atoms with Gasteiger partial charge in [-0.25, -0.2) is 9.97 Å². The molecular weight excluding hydrogens is 366 g/mol. The highest BCUT2D eigenvalue weighted by molar-refractivity contribution is 5.79. The van der Waals surface area contributed by atoms with Crippen molar-refractivity contribution in [1.29, 1.82) is 0 Å². The molecule has 2 aromatic rings. The van der Waals surface area contributed by atoms with Crippen LogP contribution in [0.2, 0.25) is 0 Å². The van der Waals surface area contributed by atoms with E-state index in [2.05, 4.69) is 16.4 Å². The van der Waals surface area contributed by atoms with Gasteiger partial charge in [-0.15, -0.1) is 0 Å². The number of rotatable bonds is 7. The number of carbonyl (C=O) groups is 1. The number of para-hydroxylation sites is 1. The lowest BCUT2D eigenvalue weighted by Crippen LogP contribution is -2.31. The van der Waals surface area contributed by atoms with Crippen LogP contribution in [0.15, 0.2) is 30.3 Å². The average Bonchev–Trinajstić information content (AvgIpc) is 2.74. The van der Waals surface area contributed by atoms with E-state index in [1.807, 2.05) is 43.3 Å². The van der Waals surface area contributed by atoms with E-state index in [4.69, 9.17) is 9.72 Å². The zero-order chi connectivity index (χ0) is 20.8. The fourth-order valence-corrected chi connectivity index (χ4v) is 3.56. The van der Waals surface area contributed by atoms with Crippen LogP contribution in [0.5, 0.6) is 5.75 Å². The van der Waals surface area contributed by atoms with Crippen molar-refractivity contribution >= 4 is 11.7 Å². The summed E-state index contributed by atoms with van der Waals surface area (Å²) in [5.74, 6) is 2.68. The smallest absolute Gasteiger partial charge is 0.227 e. The minimum atomic E-state index is 0.00855. The van der Waals surface area contributed by atoms with E-state index in [1.165, 1.54) is 0 Å². The molecule has 0 saturated carbocycles. The van der Waals surface area contributed by atoms with Crippen molar-refractivity contribution in [2.45, 2.75) is 31.7 Å². The lowest BCUT2D eigenvalue weighted by Gasteiger charge is -2.25. The topological polar surface area (TPSA) is 70.6 Å². The number of ether oxygens (including phenoxy) is 1. The summed E-state index contributed by atoms with van der Waals surface area (Å²) in [6.45, 7) is 2.38. The molecule has 2 heterocycles. The first-order valence-corrected chi connectivity index (χ1v) is 10.1. The highest BCUT2D eigenvalue weighted by Crippen LogP contribution is 2.24. The first kappa shape index (κ1) is 21.0. The summed E-state index contributed by atoms with van der Waals surface area (Å²) in [7, 11) is 7.37. The lowest BCUT2D eigenvalue weighted by molar-refractivity contribution is -0.129. The van der Waals surface area contributed by atoms with Crippen LogP contribution in [-0.2, 0) is 17.8 Å². The van der Waals surface area contributed by atoms with Gasteiger partial charge in [-0.3, -0.25) is 4.79 Å². The molecule has 1 atom stereocenters. The molecule has 0 radical (unpaired) electrons. The van der Waals surface area contributed by atoms with Gasteiger partial charge in [0, 0.05) is 45.2 Å². The van der Waals surface area contributed by atoms with E-state index in [1.54, 1.807) is 19.1 Å². The van der Waals surface area contributed by atoms with Crippen LogP contribution in [0.1, 0.15) is 35.8 Å². The van der Waals surface area contributed by atoms with Gasteiger partial charge >= 0.3 is 0 Å². The number of piperidine rings is 1. The van der Waals surface area contributed by atoms with E-state index >= 15 is 0 Å². The van der Waals surface area contributed by atoms with Gasteiger partial charge in [-0.05, 0) is 25.5 Å². The summed E-state index contributed by atoms with van der Waals surface area (Å²) in [5, 5.41) is 3.45. The predicted octanol–water partition coefficient (Wildman–Crippen LogP) is 2.22. The highest BCUT2D eigenvalue weighted by Gasteiger charge is 2.20. The van der Waals surface area contributed by atoms with Crippen molar-refractivity contribution in [2.75, 3.05) is 46.2 Å². The molecule has 1 aromatic heterocycles. The van der Waals surface area contributed by atoms with E-state index in [0.29, 0.717) is 18.3 Å². The number of aromatic nitrogens is 2. The van der Waals surface area contributed by atoms with Crippen molar-refractivity contribution in [3.8, 4) is 5.75 Å². The van der Waals surface area contributed by atoms with Crippen molar-refractivity contribution < 1.29 is 9.53 Å². The molecule has 7 nitrogen and oxygen atoms in total. The maximum atomic E-state index is 12.8. The van der Waals surface area contributed by atoms with E-state index in [0.717, 1.165) is 48.8 Å². The molecule has 1 aliphatic rings. The van der Waals surface area contributed by atoms with Crippen LogP contribution in [-0.4, -0.2) is 62.1 Å². The zero-order valence-corrected chi connectivity index (χ0v) is 17.8. The highest BCUT2D eigenvalue weighted by atomic mass is 16.5. The molecule has 1 aromatic carbocycles. The van der Waals surface area contributed by atoms with Gasteiger partial charge in [0.05, 0.1) is 25.8 Å². The third-order valence-corrected chi connectivity index (χ3v) is 5.29. The third-order valence-electron chi connectivity index (χ3n) is 5.29. The van der Waals surface area contributed by atoms with Crippen molar-refractivity contribution in [1.82, 2.24) is 20.2 Å². The summed E-state index contributed by atoms with van der Waals surface area (Å²) in [5.41, 5.74) is 1.93. The van der Waals surface area contributed by atoms with Gasteiger partial charge in [0.1, 0.15) is 17.4 Å². The molecule has 7 heteroatoms. The average molecular weight is 398 g/mol. The quantitative estimate of drug-likeness (QED) is 0.773. The molecule has 156 valence electrons. The lowest BCUT2D eigenvalue weighted by atomic mass is 9.96. The fourth-order valence-electron chi connectivity index (χ4n) is 3.56. The monoisotopic (exact) mass is 397 g/mol. The van der Waals surface area contributed by atoms with Gasteiger partial charge in [-0.1, -0.05) is 18.2 Å². The van der Waals surface area contributed by atoms with Gasteiger partial charge in [0.25, 0.3) is 0 Å². The van der Waals surface area contributed by atoms with Crippen molar-refractivity contribution in [3.63, 3.8) is 0 Å². The Morgan fingerprint density at radius 3 is 2.72 bits per heavy atom. The molecule has 1 N–H and O–H groups in total. The second-order valence-electron chi connectivity index (χ2n) is 7.74. The molecule has 0 aliphatic carbocycles. The van der Waals surface area contributed by atoms with Crippen LogP contribution in [0, 0.1) is 0 Å². The molecular formula is C22H31N5O2. The largest absolute Gasteiger partial charge is 0.496 e. The molecule has 1 unspecified atom stereocenters. The number of likely N-dealkylation sites (N-methyl/N-ethyl adjacent to an activating group) is 1. The van der Waals surface area contributed by atoms with Crippen LogP contribution < -0.4 is 15.0 Å². The number of anilines is 1. The van der Waals surface area contributed by atoms with Crippen LogP contribution in [0.25, 0.3) is 0 Å². The molecule has 1 amide bonds. The maximum Gasteiger partial charge on any atom is 0.227 e. The number of nitrogens with one attached hydrogen (secondary N) is 1. The van der Waals surface area contributed by atoms with Crippen LogP contribution in [0.4, 0.5) is 5.82 Å². The van der Waals surface area contributed by atoms with Crippen molar-refractivity contribution in [3.05, 3.63) is 47.4 Å². The van der Waals surface area contributed by atoms with E-state index in [9.17, 15) is 4.79 Å². The molecule has 0 bridgehead atoms. The molecule has 3 rings (SSSR count). The van der Waals surface area contributed by atoms with E-state index in [-0.39, 0.29) is 12.3 Å². The Morgan fingerprint density at radius 1 is 1.24 bits per heavy atom. The van der Waals surface area contributed by atoms with E-state index < -0.39 is 0 Å². The third kappa shape index (κ3) is 5.44. The fraction of sp³-hybridized carbons (Fsp3) is 0.500. The summed E-state index contributed by atoms with van der Waals surface area (Å²) in [6, 6.07) is 9.68. The molecule has 1 fully saturated rings. The predicted molar refractivity (Wildman–Crippen MR) is 114 cm³/mol. The van der Waals surface area contributed by atoms with Gasteiger partial charge in [0.2, 0.25) is 5.91 Å². The number of methoxy groups -OCH3 is 1. The maximum absolute atomic E-state index is 12.8. The second-order valence-corrected chi connectivity index (χ2v) is 7.74. The molecule has 1 aliphatic heterocycles. The van der Waals surface area contributed by atoms with Gasteiger partial charge in [0.15, 0.2) is 0 Å². The number of nitrogens with zero attached hydrogens (tertiary/aromatic N) is 4. The van der Waals surface area contributed by atoms with Gasteiger partial charge < -0.3 is 19.9 Å². The number of carbonyl (C=O) groups excluding carboxylic acids is 1. The van der Waals surface area contributed by atoms with Crippen LogP contribution >= 0.6 is 0 Å². The Hall–Kier alpha value is -2.67. The minimum Gasteiger partial charge on any atom is -0.496 e. The Kier molecular flexibility index (Phi) is 7.04.